The molecule has 0 spiro atoms. The number of hydrogen-bond acceptors (Lipinski definition) is 2. The molecule has 1 saturated carbocycles. The van der Waals surface area contributed by atoms with Crippen LogP contribution in [-0.4, -0.2) is 18.5 Å². The van der Waals surface area contributed by atoms with E-state index < -0.39 is 0 Å². The Bertz CT molecular complexity index is 416. The Morgan fingerprint density at radius 2 is 1.74 bits per heavy atom. The van der Waals surface area contributed by atoms with Gasteiger partial charge in [-0.05, 0) is 49.9 Å². The fourth-order valence-corrected chi connectivity index (χ4v) is 2.80. The first-order chi connectivity index (χ1) is 9.13. The quantitative estimate of drug-likeness (QED) is 0.873. The molecule has 2 N–H and O–H groups in total. The zero-order valence-electron chi connectivity index (χ0n) is 12.0. The smallest absolute Gasteiger partial charge is 0.238 e. The van der Waals surface area contributed by atoms with Gasteiger partial charge in [0, 0.05) is 11.7 Å². The van der Waals surface area contributed by atoms with Crippen molar-refractivity contribution in [3.05, 3.63) is 29.3 Å². The van der Waals surface area contributed by atoms with E-state index in [0.717, 1.165) is 5.69 Å². The highest BCUT2D eigenvalue weighted by Crippen LogP contribution is 2.17. The Hall–Kier alpha value is -1.35. The van der Waals surface area contributed by atoms with Gasteiger partial charge in [-0.1, -0.05) is 25.3 Å². The van der Waals surface area contributed by atoms with E-state index >= 15 is 0 Å². The highest BCUT2D eigenvalue weighted by molar-refractivity contribution is 5.92. The van der Waals surface area contributed by atoms with Crippen molar-refractivity contribution in [2.45, 2.75) is 52.0 Å². The number of nitrogens with one attached hydrogen (secondary N) is 2. The molecular formula is C16H24N2O. The number of amides is 1. The summed E-state index contributed by atoms with van der Waals surface area (Å²) in [7, 11) is 0. The predicted molar refractivity (Wildman–Crippen MR) is 79.4 cm³/mol. The lowest BCUT2D eigenvalue weighted by Gasteiger charge is -2.22. The molecule has 0 saturated heterocycles. The normalized spacial score (nSPS) is 16.3. The monoisotopic (exact) mass is 260 g/mol. The van der Waals surface area contributed by atoms with Crippen LogP contribution in [0.3, 0.4) is 0 Å². The second kappa shape index (κ2) is 6.71. The van der Waals surface area contributed by atoms with E-state index in [1.807, 2.05) is 26.0 Å². The molecule has 2 rings (SSSR count). The number of anilines is 1. The zero-order valence-corrected chi connectivity index (χ0v) is 12.0. The van der Waals surface area contributed by atoms with Gasteiger partial charge >= 0.3 is 0 Å². The van der Waals surface area contributed by atoms with Gasteiger partial charge in [0.15, 0.2) is 0 Å². The van der Waals surface area contributed by atoms with Crippen molar-refractivity contribution in [2.24, 2.45) is 0 Å². The minimum absolute atomic E-state index is 0.0515. The number of carbonyl (C=O) groups is 1. The van der Waals surface area contributed by atoms with Crippen LogP contribution in [0.25, 0.3) is 0 Å². The van der Waals surface area contributed by atoms with Crippen LogP contribution >= 0.6 is 0 Å². The molecular weight excluding hydrogens is 236 g/mol. The maximum absolute atomic E-state index is 11.9. The molecule has 3 nitrogen and oxygen atoms in total. The molecule has 3 heteroatoms. The average molecular weight is 260 g/mol. The van der Waals surface area contributed by atoms with Gasteiger partial charge in [0.05, 0.1) is 6.54 Å². The fourth-order valence-electron chi connectivity index (χ4n) is 2.80. The summed E-state index contributed by atoms with van der Waals surface area (Å²) in [5.74, 6) is 0.0515. The van der Waals surface area contributed by atoms with Crippen molar-refractivity contribution in [3.63, 3.8) is 0 Å². The molecule has 1 aliphatic rings. The first-order valence-corrected chi connectivity index (χ1v) is 7.25. The Kier molecular flexibility index (Phi) is 4.97. The first kappa shape index (κ1) is 14.1. The fraction of sp³-hybridized carbons (Fsp3) is 0.562. The highest BCUT2D eigenvalue weighted by atomic mass is 16.1. The molecule has 104 valence electrons. The van der Waals surface area contributed by atoms with Crippen molar-refractivity contribution in [2.75, 3.05) is 11.9 Å². The minimum Gasteiger partial charge on any atom is -0.325 e. The van der Waals surface area contributed by atoms with Gasteiger partial charge in [0.25, 0.3) is 0 Å². The predicted octanol–water partition coefficient (Wildman–Crippen LogP) is 3.16. The summed E-state index contributed by atoms with van der Waals surface area (Å²) in [5.41, 5.74) is 3.25. The van der Waals surface area contributed by atoms with Crippen LogP contribution in [0, 0.1) is 13.8 Å². The summed E-state index contributed by atoms with van der Waals surface area (Å²) in [6.07, 6.45) is 6.33. The third kappa shape index (κ3) is 4.67. The minimum atomic E-state index is 0.0515. The van der Waals surface area contributed by atoms with Crippen molar-refractivity contribution in [3.8, 4) is 0 Å². The SMILES string of the molecule is Cc1cc(C)cc(NC(=O)CNC2CCCCC2)c1. The lowest BCUT2D eigenvalue weighted by molar-refractivity contribution is -0.115. The van der Waals surface area contributed by atoms with Gasteiger partial charge in [-0.15, -0.1) is 0 Å². The molecule has 1 aliphatic carbocycles. The van der Waals surface area contributed by atoms with Crippen molar-refractivity contribution in [1.29, 1.82) is 0 Å². The second-order valence-electron chi connectivity index (χ2n) is 5.64. The summed E-state index contributed by atoms with van der Waals surface area (Å²) in [6, 6.07) is 6.64. The van der Waals surface area contributed by atoms with E-state index in [2.05, 4.69) is 16.7 Å². The molecule has 0 heterocycles. The summed E-state index contributed by atoms with van der Waals surface area (Å²) in [5, 5.41) is 6.32. The third-order valence-corrected chi connectivity index (χ3v) is 3.66. The van der Waals surface area contributed by atoms with Gasteiger partial charge in [0.2, 0.25) is 5.91 Å². The summed E-state index contributed by atoms with van der Waals surface area (Å²) in [6.45, 7) is 4.50. The van der Waals surface area contributed by atoms with Gasteiger partial charge < -0.3 is 10.6 Å². The molecule has 0 atom stereocenters. The summed E-state index contributed by atoms with van der Waals surface area (Å²) < 4.78 is 0. The van der Waals surface area contributed by atoms with Crippen LogP contribution in [0.5, 0.6) is 0 Å². The Morgan fingerprint density at radius 3 is 2.37 bits per heavy atom. The number of aryl methyl sites for hydroxylation is 2. The summed E-state index contributed by atoms with van der Waals surface area (Å²) >= 11 is 0. The highest BCUT2D eigenvalue weighted by Gasteiger charge is 2.13. The number of carbonyl (C=O) groups excluding carboxylic acids is 1. The number of rotatable bonds is 4. The molecule has 1 amide bonds. The van der Waals surface area contributed by atoms with Crippen LogP contribution in [0.4, 0.5) is 5.69 Å². The van der Waals surface area contributed by atoms with E-state index in [4.69, 9.17) is 0 Å². The van der Waals surface area contributed by atoms with E-state index in [9.17, 15) is 4.79 Å². The van der Waals surface area contributed by atoms with E-state index in [1.54, 1.807) is 0 Å². The van der Waals surface area contributed by atoms with E-state index in [1.165, 1.54) is 43.2 Å². The van der Waals surface area contributed by atoms with Gasteiger partial charge in [0.1, 0.15) is 0 Å². The molecule has 0 aromatic heterocycles. The van der Waals surface area contributed by atoms with Crippen LogP contribution in [-0.2, 0) is 4.79 Å². The van der Waals surface area contributed by atoms with Gasteiger partial charge in [-0.2, -0.15) is 0 Å². The second-order valence-corrected chi connectivity index (χ2v) is 5.64. The van der Waals surface area contributed by atoms with Crippen LogP contribution < -0.4 is 10.6 Å². The average Bonchev–Trinajstić information content (AvgIpc) is 2.36. The van der Waals surface area contributed by atoms with Crippen molar-refractivity contribution < 1.29 is 4.79 Å². The Balaban J connectivity index is 1.80. The van der Waals surface area contributed by atoms with Crippen LogP contribution in [0.15, 0.2) is 18.2 Å². The Labute approximate surface area is 115 Å². The lowest BCUT2D eigenvalue weighted by Crippen LogP contribution is -2.37. The topological polar surface area (TPSA) is 41.1 Å². The summed E-state index contributed by atoms with van der Waals surface area (Å²) in [4.78, 5) is 11.9. The molecule has 1 fully saturated rings. The maximum atomic E-state index is 11.9. The van der Waals surface area contributed by atoms with Crippen LogP contribution in [0.2, 0.25) is 0 Å². The zero-order chi connectivity index (χ0) is 13.7. The van der Waals surface area contributed by atoms with Gasteiger partial charge in [-0.3, -0.25) is 4.79 Å². The molecule has 1 aromatic rings. The molecule has 0 radical (unpaired) electrons. The van der Waals surface area contributed by atoms with E-state index in [-0.39, 0.29) is 5.91 Å². The van der Waals surface area contributed by atoms with Crippen molar-refractivity contribution in [1.82, 2.24) is 5.32 Å². The third-order valence-electron chi connectivity index (χ3n) is 3.66. The molecule has 0 unspecified atom stereocenters. The van der Waals surface area contributed by atoms with Crippen molar-refractivity contribution >= 4 is 11.6 Å². The number of hydrogen-bond donors (Lipinski definition) is 2. The Morgan fingerprint density at radius 1 is 1.11 bits per heavy atom. The van der Waals surface area contributed by atoms with Gasteiger partial charge in [-0.25, -0.2) is 0 Å². The van der Waals surface area contributed by atoms with Crippen LogP contribution in [0.1, 0.15) is 43.2 Å². The maximum Gasteiger partial charge on any atom is 0.238 e. The first-order valence-electron chi connectivity index (χ1n) is 7.25. The lowest BCUT2D eigenvalue weighted by atomic mass is 9.95. The molecule has 19 heavy (non-hydrogen) atoms. The standard InChI is InChI=1S/C16H24N2O/c1-12-8-13(2)10-15(9-12)18-16(19)11-17-14-6-4-3-5-7-14/h8-10,14,17H,3-7,11H2,1-2H3,(H,18,19). The molecule has 0 bridgehead atoms. The van der Waals surface area contributed by atoms with E-state index in [0.29, 0.717) is 12.6 Å². The largest absolute Gasteiger partial charge is 0.325 e. The molecule has 0 aliphatic heterocycles. The molecule has 1 aromatic carbocycles. The number of benzene rings is 1.